The van der Waals surface area contributed by atoms with Crippen LogP contribution < -0.4 is 5.43 Å². The normalized spacial score (nSPS) is 10.8. The summed E-state index contributed by atoms with van der Waals surface area (Å²) in [5.74, 6) is -0.706. The van der Waals surface area contributed by atoms with Gasteiger partial charge in [-0.05, 0) is 32.0 Å². The number of carboxylic acid groups (broad SMARTS) is 1. The van der Waals surface area contributed by atoms with Crippen molar-refractivity contribution in [2.45, 2.75) is 13.8 Å². The van der Waals surface area contributed by atoms with Gasteiger partial charge in [0.15, 0.2) is 11.0 Å². The number of aryl methyl sites for hydroxylation is 1. The topological polar surface area (TPSA) is 67.5 Å². The third kappa shape index (κ3) is 2.19. The molecule has 3 aromatic rings. The van der Waals surface area contributed by atoms with E-state index in [1.807, 2.05) is 31.2 Å². The second-order valence-corrected chi connectivity index (χ2v) is 5.24. The Labute approximate surface area is 126 Å². The minimum atomic E-state index is -1.12. The highest BCUT2D eigenvalue weighted by Crippen LogP contribution is 2.27. The second-order valence-electron chi connectivity index (χ2n) is 5.24. The molecule has 110 valence electrons. The number of aromatic carboxylic acids is 1. The number of para-hydroxylation sites is 1. The Morgan fingerprint density at radius 3 is 2.50 bits per heavy atom. The minimum absolute atomic E-state index is 0.0106. The largest absolute Gasteiger partial charge is 0.478 e. The molecule has 2 aromatic carbocycles. The Bertz CT molecular complexity index is 951. The number of hydrogen-bond donors (Lipinski definition) is 1. The smallest absolute Gasteiger partial charge is 0.339 e. The third-order valence-electron chi connectivity index (χ3n) is 3.66. The molecule has 1 heterocycles. The van der Waals surface area contributed by atoms with Gasteiger partial charge in [-0.25, -0.2) is 4.79 Å². The Morgan fingerprint density at radius 1 is 1.09 bits per heavy atom. The zero-order valence-corrected chi connectivity index (χ0v) is 12.2. The molecule has 0 fully saturated rings. The number of rotatable bonds is 2. The maximum Gasteiger partial charge on any atom is 0.339 e. The molecule has 0 aliphatic carbocycles. The molecule has 0 saturated carbocycles. The summed E-state index contributed by atoms with van der Waals surface area (Å²) in [6.45, 7) is 3.64. The molecule has 1 N–H and O–H groups in total. The zero-order valence-electron chi connectivity index (χ0n) is 12.2. The minimum Gasteiger partial charge on any atom is -0.478 e. The zero-order chi connectivity index (χ0) is 15.9. The van der Waals surface area contributed by atoms with E-state index in [1.54, 1.807) is 19.1 Å². The number of hydrogen-bond acceptors (Lipinski definition) is 3. The highest BCUT2D eigenvalue weighted by Gasteiger charge is 2.17. The van der Waals surface area contributed by atoms with Crippen LogP contribution in [0.3, 0.4) is 0 Å². The van der Waals surface area contributed by atoms with Crippen molar-refractivity contribution in [3.8, 4) is 11.3 Å². The fraction of sp³-hybridized carbons (Fsp3) is 0.111. The van der Waals surface area contributed by atoms with Crippen molar-refractivity contribution in [2.75, 3.05) is 0 Å². The maximum atomic E-state index is 12.5. The van der Waals surface area contributed by atoms with Crippen LogP contribution in [0.4, 0.5) is 0 Å². The van der Waals surface area contributed by atoms with Gasteiger partial charge in [-0.15, -0.1) is 0 Å². The van der Waals surface area contributed by atoms with Crippen LogP contribution in [0.5, 0.6) is 0 Å². The van der Waals surface area contributed by atoms with Gasteiger partial charge >= 0.3 is 5.97 Å². The third-order valence-corrected chi connectivity index (χ3v) is 3.66. The predicted molar refractivity (Wildman–Crippen MR) is 84.4 cm³/mol. The van der Waals surface area contributed by atoms with Crippen molar-refractivity contribution < 1.29 is 14.3 Å². The van der Waals surface area contributed by atoms with Gasteiger partial charge in [-0.3, -0.25) is 4.79 Å². The van der Waals surface area contributed by atoms with Crippen molar-refractivity contribution in [3.63, 3.8) is 0 Å². The van der Waals surface area contributed by atoms with Gasteiger partial charge in [0.1, 0.15) is 11.3 Å². The van der Waals surface area contributed by atoms with Gasteiger partial charge in [0.05, 0.1) is 5.39 Å². The first-order valence-corrected chi connectivity index (χ1v) is 6.86. The molecule has 3 rings (SSSR count). The van der Waals surface area contributed by atoms with Crippen LogP contribution in [0, 0.1) is 13.8 Å². The average Bonchev–Trinajstić information content (AvgIpc) is 2.50. The van der Waals surface area contributed by atoms with Crippen LogP contribution in [0.15, 0.2) is 51.7 Å². The van der Waals surface area contributed by atoms with E-state index in [9.17, 15) is 14.7 Å². The summed E-state index contributed by atoms with van der Waals surface area (Å²) >= 11 is 0. The van der Waals surface area contributed by atoms with E-state index in [0.717, 1.165) is 11.1 Å². The first-order chi connectivity index (χ1) is 10.5. The Morgan fingerprint density at radius 2 is 1.82 bits per heavy atom. The molecule has 4 heteroatoms. The summed E-state index contributed by atoms with van der Waals surface area (Å²) in [7, 11) is 0. The molecule has 0 unspecified atom stereocenters. The lowest BCUT2D eigenvalue weighted by molar-refractivity contribution is 0.0698. The van der Waals surface area contributed by atoms with Gasteiger partial charge in [0, 0.05) is 11.1 Å². The van der Waals surface area contributed by atoms with E-state index in [0.29, 0.717) is 11.3 Å². The van der Waals surface area contributed by atoms with Crippen molar-refractivity contribution in [1.82, 2.24) is 0 Å². The molecule has 0 bridgehead atoms. The number of carboxylic acids is 1. The van der Waals surface area contributed by atoms with Crippen molar-refractivity contribution in [1.29, 1.82) is 0 Å². The monoisotopic (exact) mass is 294 g/mol. The number of benzene rings is 2. The van der Waals surface area contributed by atoms with Crippen molar-refractivity contribution in [2.24, 2.45) is 0 Å². The molecule has 22 heavy (non-hydrogen) atoms. The number of carbonyl (C=O) groups is 1. The molecule has 0 amide bonds. The van der Waals surface area contributed by atoms with E-state index < -0.39 is 5.97 Å². The van der Waals surface area contributed by atoms with Gasteiger partial charge in [-0.1, -0.05) is 29.8 Å². The van der Waals surface area contributed by atoms with Crippen LogP contribution in [-0.4, -0.2) is 11.1 Å². The Kier molecular flexibility index (Phi) is 3.29. The molecule has 0 aliphatic heterocycles. The molecule has 4 nitrogen and oxygen atoms in total. The lowest BCUT2D eigenvalue weighted by atomic mass is 10.0. The maximum absolute atomic E-state index is 12.5. The molecule has 0 atom stereocenters. The van der Waals surface area contributed by atoms with Crippen LogP contribution in [0.2, 0.25) is 0 Å². The molecule has 0 spiro atoms. The first-order valence-electron chi connectivity index (χ1n) is 6.86. The van der Waals surface area contributed by atoms with Crippen molar-refractivity contribution in [3.05, 3.63) is 69.4 Å². The first kappa shape index (κ1) is 14.1. The fourth-order valence-corrected chi connectivity index (χ4v) is 2.54. The highest BCUT2D eigenvalue weighted by molar-refractivity contribution is 6.01. The van der Waals surface area contributed by atoms with Crippen LogP contribution >= 0.6 is 0 Å². The number of fused-ring (bicyclic) bond motifs is 1. The molecule has 0 aliphatic rings. The molecule has 0 radical (unpaired) electrons. The van der Waals surface area contributed by atoms with E-state index in [2.05, 4.69) is 0 Å². The van der Waals surface area contributed by atoms with E-state index in [-0.39, 0.29) is 22.0 Å². The fourth-order valence-electron chi connectivity index (χ4n) is 2.54. The van der Waals surface area contributed by atoms with Gasteiger partial charge in [0.25, 0.3) is 0 Å². The second kappa shape index (κ2) is 5.15. The van der Waals surface area contributed by atoms with E-state index in [1.165, 1.54) is 6.07 Å². The summed E-state index contributed by atoms with van der Waals surface area (Å²) in [5.41, 5.74) is 2.16. The lowest BCUT2D eigenvalue weighted by Gasteiger charge is -2.09. The van der Waals surface area contributed by atoms with E-state index in [4.69, 9.17) is 4.42 Å². The van der Waals surface area contributed by atoms with Crippen LogP contribution in [-0.2, 0) is 0 Å². The quantitative estimate of drug-likeness (QED) is 0.781. The van der Waals surface area contributed by atoms with Gasteiger partial charge in [-0.2, -0.15) is 0 Å². The summed E-state index contributed by atoms with van der Waals surface area (Å²) in [6, 6.07) is 12.1. The van der Waals surface area contributed by atoms with Crippen LogP contribution in [0.25, 0.3) is 22.3 Å². The molecule has 1 aromatic heterocycles. The summed E-state index contributed by atoms with van der Waals surface area (Å²) in [6.07, 6.45) is 0. The molecular weight excluding hydrogens is 280 g/mol. The summed E-state index contributed by atoms with van der Waals surface area (Å²) in [4.78, 5) is 23.9. The van der Waals surface area contributed by atoms with Crippen LogP contribution in [0.1, 0.15) is 21.5 Å². The van der Waals surface area contributed by atoms with E-state index >= 15 is 0 Å². The van der Waals surface area contributed by atoms with Crippen molar-refractivity contribution >= 4 is 16.9 Å². The molecule has 0 saturated heterocycles. The standard InChI is InChI=1S/C18H14O4/c1-10-5-3-6-12(9-10)16-11(2)15(19)13-7-4-8-14(18(20)21)17(13)22-16/h3-9H,1-2H3,(H,20,21). The Balaban J connectivity index is 2.42. The molecular formula is C18H14O4. The average molecular weight is 294 g/mol. The highest BCUT2D eigenvalue weighted by atomic mass is 16.4. The SMILES string of the molecule is Cc1cccc(-c2oc3c(C(=O)O)cccc3c(=O)c2C)c1. The van der Waals surface area contributed by atoms with Gasteiger partial charge in [0.2, 0.25) is 0 Å². The predicted octanol–water partition coefficient (Wildman–Crippen LogP) is 3.78. The Hall–Kier alpha value is -2.88. The van der Waals surface area contributed by atoms with Gasteiger partial charge < -0.3 is 9.52 Å². The lowest BCUT2D eigenvalue weighted by Crippen LogP contribution is -2.09. The summed E-state index contributed by atoms with van der Waals surface area (Å²) < 4.78 is 5.83. The summed E-state index contributed by atoms with van der Waals surface area (Å²) in [5, 5.41) is 9.57.